The van der Waals surface area contributed by atoms with Gasteiger partial charge in [0, 0.05) is 6.54 Å². The van der Waals surface area contributed by atoms with Crippen LogP contribution in [0, 0.1) is 6.92 Å². The van der Waals surface area contributed by atoms with Crippen LogP contribution in [0.4, 0.5) is 5.69 Å². The first kappa shape index (κ1) is 13.6. The molecule has 2 rings (SSSR count). The first-order valence-corrected chi connectivity index (χ1v) is 7.14. The van der Waals surface area contributed by atoms with Crippen LogP contribution in [0.25, 0.3) is 0 Å². The third-order valence-electron chi connectivity index (χ3n) is 3.08. The van der Waals surface area contributed by atoms with E-state index in [2.05, 4.69) is 10.4 Å². The van der Waals surface area contributed by atoms with Crippen molar-refractivity contribution in [1.29, 1.82) is 0 Å². The van der Waals surface area contributed by atoms with Crippen molar-refractivity contribution in [3.05, 3.63) is 33.8 Å². The fraction of sp³-hybridized carbons (Fsp3) is 0.385. The minimum Gasteiger partial charge on any atom is -0.395 e. The standard InChI is InChI=1S/C13H18N4OS/c1-4-17-12(11(14)9(3)16-17)13(18)15-8(2)10-5-6-19-7-10/h5-8H,4,14H2,1-3H3,(H,15,18). The van der Waals surface area contributed by atoms with Gasteiger partial charge in [-0.05, 0) is 43.2 Å². The quantitative estimate of drug-likeness (QED) is 0.901. The van der Waals surface area contributed by atoms with Gasteiger partial charge in [0.2, 0.25) is 0 Å². The van der Waals surface area contributed by atoms with E-state index < -0.39 is 0 Å². The zero-order valence-corrected chi connectivity index (χ0v) is 12.1. The van der Waals surface area contributed by atoms with Gasteiger partial charge in [0.15, 0.2) is 0 Å². The molecule has 0 aliphatic rings. The number of nitrogens with one attached hydrogen (secondary N) is 1. The lowest BCUT2D eigenvalue weighted by Crippen LogP contribution is -2.29. The van der Waals surface area contributed by atoms with Gasteiger partial charge in [0.05, 0.1) is 17.4 Å². The van der Waals surface area contributed by atoms with Crippen LogP contribution in [0.1, 0.15) is 41.6 Å². The van der Waals surface area contributed by atoms with E-state index in [-0.39, 0.29) is 11.9 Å². The molecule has 1 amide bonds. The number of hydrogen-bond donors (Lipinski definition) is 2. The van der Waals surface area contributed by atoms with Crippen LogP contribution in [0.15, 0.2) is 16.8 Å². The lowest BCUT2D eigenvalue weighted by Gasteiger charge is -2.13. The average molecular weight is 278 g/mol. The molecule has 0 saturated heterocycles. The number of rotatable bonds is 4. The minimum absolute atomic E-state index is 0.0429. The van der Waals surface area contributed by atoms with Crippen molar-refractivity contribution in [2.45, 2.75) is 33.4 Å². The largest absolute Gasteiger partial charge is 0.395 e. The van der Waals surface area contributed by atoms with Crippen molar-refractivity contribution in [2.75, 3.05) is 5.73 Å². The molecule has 0 aromatic carbocycles. The van der Waals surface area contributed by atoms with E-state index in [9.17, 15) is 4.79 Å². The van der Waals surface area contributed by atoms with Crippen LogP contribution in [0.3, 0.4) is 0 Å². The summed E-state index contributed by atoms with van der Waals surface area (Å²) in [5, 5.41) is 11.2. The number of thiophene rings is 1. The van der Waals surface area contributed by atoms with Crippen molar-refractivity contribution in [1.82, 2.24) is 15.1 Å². The Morgan fingerprint density at radius 3 is 2.95 bits per heavy atom. The van der Waals surface area contributed by atoms with E-state index in [4.69, 9.17) is 5.73 Å². The zero-order chi connectivity index (χ0) is 14.0. The molecule has 1 atom stereocenters. The molecule has 5 nitrogen and oxygen atoms in total. The van der Waals surface area contributed by atoms with Crippen LogP contribution in [-0.4, -0.2) is 15.7 Å². The average Bonchev–Trinajstić information content (AvgIpc) is 2.98. The summed E-state index contributed by atoms with van der Waals surface area (Å²) in [5.41, 5.74) is 8.62. The maximum absolute atomic E-state index is 12.3. The van der Waals surface area contributed by atoms with Crippen molar-refractivity contribution in [3.63, 3.8) is 0 Å². The zero-order valence-electron chi connectivity index (χ0n) is 11.3. The van der Waals surface area contributed by atoms with Gasteiger partial charge in [0.25, 0.3) is 5.91 Å². The molecule has 6 heteroatoms. The highest BCUT2D eigenvalue weighted by Crippen LogP contribution is 2.19. The summed E-state index contributed by atoms with van der Waals surface area (Å²) < 4.78 is 1.64. The molecule has 0 spiro atoms. The third kappa shape index (κ3) is 2.63. The summed E-state index contributed by atoms with van der Waals surface area (Å²) in [7, 11) is 0. The maximum atomic E-state index is 12.3. The monoisotopic (exact) mass is 278 g/mol. The van der Waals surface area contributed by atoms with Crippen molar-refractivity contribution < 1.29 is 4.79 Å². The molecular formula is C13H18N4OS. The Balaban J connectivity index is 2.21. The van der Waals surface area contributed by atoms with Crippen molar-refractivity contribution in [2.24, 2.45) is 0 Å². The predicted molar refractivity (Wildman–Crippen MR) is 77.3 cm³/mol. The molecule has 0 saturated carbocycles. The Bertz CT molecular complexity index is 574. The SMILES string of the molecule is CCn1nc(C)c(N)c1C(=O)NC(C)c1ccsc1. The van der Waals surface area contributed by atoms with Gasteiger partial charge in [-0.2, -0.15) is 16.4 Å². The Hall–Kier alpha value is -1.82. The molecule has 0 aliphatic heterocycles. The number of nitrogens with zero attached hydrogens (tertiary/aromatic N) is 2. The molecule has 19 heavy (non-hydrogen) atoms. The molecular weight excluding hydrogens is 260 g/mol. The molecule has 1 unspecified atom stereocenters. The van der Waals surface area contributed by atoms with Gasteiger partial charge in [-0.3, -0.25) is 9.48 Å². The predicted octanol–water partition coefficient (Wildman–Crippen LogP) is 2.35. The number of carbonyl (C=O) groups excluding carboxylic acids is 1. The smallest absolute Gasteiger partial charge is 0.272 e. The summed E-state index contributed by atoms with van der Waals surface area (Å²) in [5.74, 6) is -0.182. The lowest BCUT2D eigenvalue weighted by molar-refractivity contribution is 0.0930. The molecule has 0 fully saturated rings. The number of hydrogen-bond acceptors (Lipinski definition) is 4. The third-order valence-corrected chi connectivity index (χ3v) is 3.78. The molecule has 2 heterocycles. The van der Waals surface area contributed by atoms with Crippen LogP contribution >= 0.6 is 11.3 Å². The second-order valence-corrected chi connectivity index (χ2v) is 5.20. The highest BCUT2D eigenvalue weighted by molar-refractivity contribution is 7.07. The summed E-state index contributed by atoms with van der Waals surface area (Å²) in [6.45, 7) is 6.31. The molecule has 102 valence electrons. The van der Waals surface area contributed by atoms with E-state index >= 15 is 0 Å². The van der Waals surface area contributed by atoms with Crippen LogP contribution in [0.2, 0.25) is 0 Å². The van der Waals surface area contributed by atoms with Gasteiger partial charge in [-0.1, -0.05) is 0 Å². The molecule has 0 bridgehead atoms. The fourth-order valence-electron chi connectivity index (χ4n) is 1.93. The highest BCUT2D eigenvalue weighted by atomic mass is 32.1. The molecule has 3 N–H and O–H groups in total. The van der Waals surface area contributed by atoms with Crippen molar-refractivity contribution in [3.8, 4) is 0 Å². The number of anilines is 1. The topological polar surface area (TPSA) is 72.9 Å². The fourth-order valence-corrected chi connectivity index (χ4v) is 2.69. The Labute approximate surface area is 116 Å². The minimum atomic E-state index is -0.182. The van der Waals surface area contributed by atoms with Gasteiger partial charge in [-0.15, -0.1) is 0 Å². The van der Waals surface area contributed by atoms with Crippen molar-refractivity contribution >= 4 is 22.9 Å². The van der Waals surface area contributed by atoms with Gasteiger partial charge in [-0.25, -0.2) is 0 Å². The summed E-state index contributed by atoms with van der Waals surface area (Å²) in [6.07, 6.45) is 0. The van der Waals surface area contributed by atoms with E-state index in [1.54, 1.807) is 22.9 Å². The van der Waals surface area contributed by atoms with E-state index in [0.29, 0.717) is 23.6 Å². The Morgan fingerprint density at radius 1 is 1.63 bits per heavy atom. The first-order valence-electron chi connectivity index (χ1n) is 6.20. The number of amides is 1. The second-order valence-electron chi connectivity index (χ2n) is 4.42. The van der Waals surface area contributed by atoms with E-state index in [0.717, 1.165) is 5.56 Å². The number of aryl methyl sites for hydroxylation is 2. The molecule has 0 aliphatic carbocycles. The normalized spacial score (nSPS) is 12.4. The van der Waals surface area contributed by atoms with Gasteiger partial charge >= 0.3 is 0 Å². The number of nitrogen functional groups attached to an aromatic ring is 1. The number of nitrogens with two attached hydrogens (primary N) is 1. The van der Waals surface area contributed by atoms with E-state index in [1.165, 1.54) is 0 Å². The lowest BCUT2D eigenvalue weighted by atomic mass is 10.1. The summed E-state index contributed by atoms with van der Waals surface area (Å²) in [6, 6.07) is 1.96. The maximum Gasteiger partial charge on any atom is 0.272 e. The highest BCUT2D eigenvalue weighted by Gasteiger charge is 2.20. The number of carbonyl (C=O) groups is 1. The molecule has 2 aromatic rings. The second kappa shape index (κ2) is 5.44. The van der Waals surface area contributed by atoms with Crippen LogP contribution in [0.5, 0.6) is 0 Å². The summed E-state index contributed by atoms with van der Waals surface area (Å²) in [4.78, 5) is 12.3. The molecule has 2 aromatic heterocycles. The molecule has 0 radical (unpaired) electrons. The van der Waals surface area contributed by atoms with Crippen LogP contribution in [-0.2, 0) is 6.54 Å². The Kier molecular flexibility index (Phi) is 3.90. The first-order chi connectivity index (χ1) is 9.04. The Morgan fingerprint density at radius 2 is 2.37 bits per heavy atom. The number of aromatic nitrogens is 2. The van der Waals surface area contributed by atoms with E-state index in [1.807, 2.05) is 30.7 Å². The van der Waals surface area contributed by atoms with Crippen LogP contribution < -0.4 is 11.1 Å². The van der Waals surface area contributed by atoms with Gasteiger partial charge < -0.3 is 11.1 Å². The summed E-state index contributed by atoms with van der Waals surface area (Å²) >= 11 is 1.61. The van der Waals surface area contributed by atoms with Gasteiger partial charge in [0.1, 0.15) is 5.69 Å².